The lowest BCUT2D eigenvalue weighted by molar-refractivity contribution is -0.141. The molecule has 0 spiro atoms. The maximum atomic E-state index is 12.7. The molecule has 0 atom stereocenters. The van der Waals surface area contributed by atoms with E-state index >= 15 is 0 Å². The number of aryl methyl sites for hydroxylation is 2. The Morgan fingerprint density at radius 1 is 1.17 bits per heavy atom. The Balaban J connectivity index is 1.56. The number of ether oxygens (including phenoxy) is 1. The summed E-state index contributed by atoms with van der Waals surface area (Å²) in [7, 11) is 0. The molecule has 0 unspecified atom stereocenters. The normalized spacial score (nSPS) is 19.6. The predicted molar refractivity (Wildman–Crippen MR) is 94.5 cm³/mol. The summed E-state index contributed by atoms with van der Waals surface area (Å²) in [5.74, 6) is 0.425. The average molecular weight is 350 g/mol. The van der Waals surface area contributed by atoms with Crippen LogP contribution in [0.1, 0.15) is 39.9 Å². The molecule has 0 N–H and O–H groups in total. The highest BCUT2D eigenvalue weighted by Crippen LogP contribution is 2.26. The number of rotatable bonds is 3. The van der Waals surface area contributed by atoms with Gasteiger partial charge in [-0.05, 0) is 37.8 Å². The molecule has 0 radical (unpaired) electrons. The van der Waals surface area contributed by atoms with Gasteiger partial charge in [0.25, 0.3) is 5.91 Å². The van der Waals surface area contributed by atoms with Gasteiger partial charge < -0.3 is 14.5 Å². The van der Waals surface area contributed by atoms with Crippen molar-refractivity contribution in [2.45, 2.75) is 33.1 Å². The van der Waals surface area contributed by atoms with E-state index in [0.717, 1.165) is 24.1 Å². The van der Waals surface area contributed by atoms with Gasteiger partial charge in [0.1, 0.15) is 0 Å². The largest absolute Gasteiger partial charge is 0.378 e. The van der Waals surface area contributed by atoms with Crippen molar-refractivity contribution in [1.29, 1.82) is 0 Å². The Labute approximate surface area is 147 Å². The highest BCUT2D eigenvalue weighted by molar-refractivity contribution is 7.14. The Morgan fingerprint density at radius 3 is 2.42 bits per heavy atom. The highest BCUT2D eigenvalue weighted by Gasteiger charge is 2.31. The predicted octanol–water partition coefficient (Wildman–Crippen LogP) is 2.33. The van der Waals surface area contributed by atoms with Crippen LogP contribution < -0.4 is 0 Å². The second-order valence-electron chi connectivity index (χ2n) is 6.55. The van der Waals surface area contributed by atoms with Gasteiger partial charge in [0, 0.05) is 37.0 Å². The van der Waals surface area contributed by atoms with E-state index in [1.165, 1.54) is 10.4 Å². The molecule has 0 saturated carbocycles. The minimum absolute atomic E-state index is 0.0587. The number of piperidine rings is 1. The number of amides is 2. The number of morpholine rings is 1. The summed E-state index contributed by atoms with van der Waals surface area (Å²) in [5.41, 5.74) is 1.26. The van der Waals surface area contributed by atoms with Gasteiger partial charge in [-0.2, -0.15) is 0 Å². The van der Waals surface area contributed by atoms with Crippen molar-refractivity contribution in [1.82, 2.24) is 9.80 Å². The molecule has 2 saturated heterocycles. The molecule has 3 rings (SSSR count). The van der Waals surface area contributed by atoms with Crippen LogP contribution in [0.15, 0.2) is 6.07 Å². The molecule has 24 heavy (non-hydrogen) atoms. The van der Waals surface area contributed by atoms with E-state index in [4.69, 9.17) is 4.74 Å². The van der Waals surface area contributed by atoms with Crippen LogP contribution in [-0.2, 0) is 16.0 Å². The second kappa shape index (κ2) is 7.66. The van der Waals surface area contributed by atoms with Crippen molar-refractivity contribution >= 4 is 23.2 Å². The third kappa shape index (κ3) is 3.64. The van der Waals surface area contributed by atoms with Gasteiger partial charge in [-0.15, -0.1) is 11.3 Å². The van der Waals surface area contributed by atoms with Gasteiger partial charge in [-0.25, -0.2) is 0 Å². The summed E-state index contributed by atoms with van der Waals surface area (Å²) in [6, 6.07) is 2.04. The SMILES string of the molecule is CCc1cc(C(=O)N2CCC(C(=O)N3CCOCC3)CC2)sc1C. The van der Waals surface area contributed by atoms with E-state index in [0.29, 0.717) is 39.4 Å². The first-order valence-electron chi connectivity index (χ1n) is 8.85. The molecule has 5 nitrogen and oxygen atoms in total. The monoisotopic (exact) mass is 350 g/mol. The number of carbonyl (C=O) groups excluding carboxylic acids is 2. The molecule has 1 aromatic heterocycles. The van der Waals surface area contributed by atoms with Crippen LogP contribution in [0.3, 0.4) is 0 Å². The van der Waals surface area contributed by atoms with Crippen LogP contribution in [-0.4, -0.2) is 61.0 Å². The Kier molecular flexibility index (Phi) is 5.56. The summed E-state index contributed by atoms with van der Waals surface area (Å²) in [4.78, 5) is 31.1. The number of likely N-dealkylation sites (tertiary alicyclic amines) is 1. The lowest BCUT2D eigenvalue weighted by Gasteiger charge is -2.35. The van der Waals surface area contributed by atoms with E-state index < -0.39 is 0 Å². The molecule has 132 valence electrons. The lowest BCUT2D eigenvalue weighted by atomic mass is 9.95. The molecule has 0 aromatic carbocycles. The third-order valence-corrected chi connectivity index (χ3v) is 6.15. The fraction of sp³-hybridized carbons (Fsp3) is 0.667. The molecule has 2 aliphatic heterocycles. The number of hydrogen-bond acceptors (Lipinski definition) is 4. The molecule has 2 fully saturated rings. The maximum absolute atomic E-state index is 12.7. The van der Waals surface area contributed by atoms with Gasteiger partial charge >= 0.3 is 0 Å². The molecular weight excluding hydrogens is 324 g/mol. The summed E-state index contributed by atoms with van der Waals surface area (Å²) >= 11 is 1.59. The first-order valence-corrected chi connectivity index (χ1v) is 9.67. The smallest absolute Gasteiger partial charge is 0.263 e. The first-order chi connectivity index (χ1) is 11.6. The fourth-order valence-corrected chi connectivity index (χ4v) is 4.59. The summed E-state index contributed by atoms with van der Waals surface area (Å²) in [5, 5.41) is 0. The summed E-state index contributed by atoms with van der Waals surface area (Å²) < 4.78 is 5.31. The van der Waals surface area contributed by atoms with Crippen LogP contribution in [0.5, 0.6) is 0 Å². The Morgan fingerprint density at radius 2 is 1.83 bits per heavy atom. The molecular formula is C18H26N2O3S. The fourth-order valence-electron chi connectivity index (χ4n) is 3.50. The minimum atomic E-state index is 0.0587. The maximum Gasteiger partial charge on any atom is 0.263 e. The zero-order valence-corrected chi connectivity index (χ0v) is 15.4. The van der Waals surface area contributed by atoms with E-state index in [2.05, 4.69) is 13.8 Å². The van der Waals surface area contributed by atoms with Crippen molar-refractivity contribution < 1.29 is 14.3 Å². The van der Waals surface area contributed by atoms with Gasteiger partial charge in [0.05, 0.1) is 18.1 Å². The Bertz CT molecular complexity index is 599. The van der Waals surface area contributed by atoms with Crippen LogP contribution in [0, 0.1) is 12.8 Å². The van der Waals surface area contributed by atoms with Crippen LogP contribution in [0.2, 0.25) is 0 Å². The van der Waals surface area contributed by atoms with E-state index in [1.807, 2.05) is 15.9 Å². The van der Waals surface area contributed by atoms with Crippen LogP contribution >= 0.6 is 11.3 Å². The standard InChI is InChI=1S/C18H26N2O3S/c1-3-14-12-16(24-13(14)2)18(22)19-6-4-15(5-7-19)17(21)20-8-10-23-11-9-20/h12,15H,3-11H2,1-2H3. The van der Waals surface area contributed by atoms with Gasteiger partial charge in [0.2, 0.25) is 5.91 Å². The van der Waals surface area contributed by atoms with Gasteiger partial charge in [0.15, 0.2) is 0 Å². The van der Waals surface area contributed by atoms with Crippen molar-refractivity contribution in [3.63, 3.8) is 0 Å². The third-order valence-electron chi connectivity index (χ3n) is 5.07. The number of thiophene rings is 1. The van der Waals surface area contributed by atoms with Crippen LogP contribution in [0.25, 0.3) is 0 Å². The summed E-state index contributed by atoms with van der Waals surface area (Å²) in [6.07, 6.45) is 2.51. The van der Waals surface area contributed by atoms with Gasteiger partial charge in [-0.1, -0.05) is 6.92 Å². The van der Waals surface area contributed by atoms with E-state index in [-0.39, 0.29) is 17.7 Å². The second-order valence-corrected chi connectivity index (χ2v) is 7.81. The molecule has 2 aliphatic rings. The van der Waals surface area contributed by atoms with E-state index in [1.54, 1.807) is 11.3 Å². The zero-order chi connectivity index (χ0) is 17.1. The van der Waals surface area contributed by atoms with Crippen molar-refractivity contribution in [3.8, 4) is 0 Å². The summed E-state index contributed by atoms with van der Waals surface area (Å²) in [6.45, 7) is 8.23. The highest BCUT2D eigenvalue weighted by atomic mass is 32.1. The number of nitrogens with zero attached hydrogens (tertiary/aromatic N) is 2. The first kappa shape index (κ1) is 17.4. The van der Waals surface area contributed by atoms with Crippen LogP contribution in [0.4, 0.5) is 0 Å². The van der Waals surface area contributed by atoms with Crippen molar-refractivity contribution in [2.24, 2.45) is 5.92 Å². The lowest BCUT2D eigenvalue weighted by Crippen LogP contribution is -2.47. The minimum Gasteiger partial charge on any atom is -0.378 e. The molecule has 6 heteroatoms. The van der Waals surface area contributed by atoms with Crippen molar-refractivity contribution in [2.75, 3.05) is 39.4 Å². The molecule has 1 aromatic rings. The average Bonchev–Trinajstić information content (AvgIpc) is 3.02. The molecule has 2 amide bonds. The zero-order valence-electron chi connectivity index (χ0n) is 14.5. The number of hydrogen-bond donors (Lipinski definition) is 0. The van der Waals surface area contributed by atoms with Gasteiger partial charge in [-0.3, -0.25) is 9.59 Å². The topological polar surface area (TPSA) is 49.9 Å². The Hall–Kier alpha value is -1.40. The van der Waals surface area contributed by atoms with E-state index in [9.17, 15) is 9.59 Å². The molecule has 0 aliphatic carbocycles. The molecule has 3 heterocycles. The quantitative estimate of drug-likeness (QED) is 0.841. The number of carbonyl (C=O) groups is 2. The molecule has 0 bridgehead atoms. The van der Waals surface area contributed by atoms with Crippen molar-refractivity contribution in [3.05, 3.63) is 21.4 Å².